The van der Waals surface area contributed by atoms with E-state index < -0.39 is 11.8 Å². The molecule has 0 saturated heterocycles. The fraction of sp³-hybridized carbons (Fsp3) is 0.120. The first-order valence-corrected chi connectivity index (χ1v) is 10.6. The summed E-state index contributed by atoms with van der Waals surface area (Å²) >= 11 is 6.17. The lowest BCUT2D eigenvalue weighted by Gasteiger charge is -2.11. The largest absolute Gasteiger partial charge is 0.467 e. The number of furan rings is 1. The number of nitrogens with one attached hydrogen (secondary N) is 2. The Morgan fingerprint density at radius 2 is 1.84 bits per heavy atom. The molecule has 7 heteroatoms. The van der Waals surface area contributed by atoms with Crippen molar-refractivity contribution in [2.24, 2.45) is 0 Å². The number of benzene rings is 2. The molecule has 2 amide bonds. The van der Waals surface area contributed by atoms with E-state index in [-0.39, 0.29) is 17.8 Å². The average molecular weight is 448 g/mol. The molecule has 0 aliphatic heterocycles. The number of fused-ring (bicyclic) bond motifs is 1. The molecule has 0 spiro atoms. The summed E-state index contributed by atoms with van der Waals surface area (Å²) in [5, 5.41) is 6.81. The van der Waals surface area contributed by atoms with Gasteiger partial charge in [0.1, 0.15) is 11.5 Å². The number of aromatic nitrogens is 1. The van der Waals surface area contributed by atoms with Crippen LogP contribution in [0.4, 0.5) is 0 Å². The Bertz CT molecular complexity index is 1290. The van der Waals surface area contributed by atoms with E-state index in [1.165, 1.54) is 6.26 Å². The Morgan fingerprint density at radius 1 is 1.06 bits per heavy atom. The molecule has 0 radical (unpaired) electrons. The second-order valence-electron chi connectivity index (χ2n) is 7.14. The molecule has 4 aromatic rings. The SMILES string of the molecule is CCn1cc(C=C(NC(=O)c2ccccc2Cl)C(=O)NCc2ccco2)c2ccccc21. The molecular formula is C25H22ClN3O3. The summed E-state index contributed by atoms with van der Waals surface area (Å²) in [5.41, 5.74) is 2.27. The summed E-state index contributed by atoms with van der Waals surface area (Å²) in [4.78, 5) is 25.9. The van der Waals surface area contributed by atoms with Gasteiger partial charge in [0, 0.05) is 29.2 Å². The lowest BCUT2D eigenvalue weighted by molar-refractivity contribution is -0.118. The van der Waals surface area contributed by atoms with Gasteiger partial charge in [0.15, 0.2) is 0 Å². The van der Waals surface area contributed by atoms with Gasteiger partial charge in [-0.05, 0) is 43.3 Å². The normalized spacial score (nSPS) is 11.5. The lowest BCUT2D eigenvalue weighted by atomic mass is 10.1. The summed E-state index contributed by atoms with van der Waals surface area (Å²) in [5.74, 6) is -0.290. The summed E-state index contributed by atoms with van der Waals surface area (Å²) in [6, 6.07) is 18.1. The molecule has 0 bridgehead atoms. The molecule has 2 aromatic carbocycles. The van der Waals surface area contributed by atoms with E-state index in [4.69, 9.17) is 16.0 Å². The number of carbonyl (C=O) groups is 2. The Kier molecular flexibility index (Phi) is 6.42. The molecule has 0 atom stereocenters. The van der Waals surface area contributed by atoms with Gasteiger partial charge >= 0.3 is 0 Å². The average Bonchev–Trinajstić information content (AvgIpc) is 3.45. The number of aryl methyl sites for hydroxylation is 1. The van der Waals surface area contributed by atoms with Gasteiger partial charge in [0.25, 0.3) is 11.8 Å². The van der Waals surface area contributed by atoms with E-state index in [9.17, 15) is 9.59 Å². The molecule has 2 heterocycles. The number of rotatable bonds is 7. The first-order chi connectivity index (χ1) is 15.6. The predicted octanol–water partition coefficient (Wildman–Crippen LogP) is 4.99. The maximum Gasteiger partial charge on any atom is 0.268 e. The van der Waals surface area contributed by atoms with Crippen LogP contribution in [0.1, 0.15) is 28.6 Å². The highest BCUT2D eigenvalue weighted by atomic mass is 35.5. The quantitative estimate of drug-likeness (QED) is 0.391. The van der Waals surface area contributed by atoms with Crippen molar-refractivity contribution >= 4 is 40.4 Å². The number of nitrogens with zero attached hydrogens (tertiary/aromatic N) is 1. The first-order valence-electron chi connectivity index (χ1n) is 10.2. The molecule has 0 saturated carbocycles. The van der Waals surface area contributed by atoms with Crippen molar-refractivity contribution in [1.82, 2.24) is 15.2 Å². The zero-order valence-electron chi connectivity index (χ0n) is 17.5. The molecule has 0 fully saturated rings. The van der Waals surface area contributed by atoms with E-state index >= 15 is 0 Å². The van der Waals surface area contributed by atoms with Gasteiger partial charge in [-0.1, -0.05) is 41.9 Å². The number of carbonyl (C=O) groups excluding carboxylic acids is 2. The molecule has 4 rings (SSSR count). The highest BCUT2D eigenvalue weighted by Gasteiger charge is 2.18. The molecule has 0 unspecified atom stereocenters. The van der Waals surface area contributed by atoms with Crippen molar-refractivity contribution in [2.75, 3.05) is 0 Å². The zero-order valence-corrected chi connectivity index (χ0v) is 18.2. The van der Waals surface area contributed by atoms with E-state index in [0.717, 1.165) is 23.0 Å². The van der Waals surface area contributed by atoms with Crippen LogP contribution in [-0.4, -0.2) is 16.4 Å². The van der Waals surface area contributed by atoms with Crippen LogP contribution < -0.4 is 10.6 Å². The highest BCUT2D eigenvalue weighted by Crippen LogP contribution is 2.24. The Hall–Kier alpha value is -3.77. The van der Waals surface area contributed by atoms with Crippen molar-refractivity contribution in [3.8, 4) is 0 Å². The molecule has 0 aliphatic rings. The highest BCUT2D eigenvalue weighted by molar-refractivity contribution is 6.34. The van der Waals surface area contributed by atoms with Gasteiger partial charge in [-0.3, -0.25) is 9.59 Å². The van der Waals surface area contributed by atoms with E-state index in [1.54, 1.807) is 42.5 Å². The number of hydrogen-bond acceptors (Lipinski definition) is 3. The molecule has 32 heavy (non-hydrogen) atoms. The van der Waals surface area contributed by atoms with Gasteiger partial charge < -0.3 is 19.6 Å². The minimum absolute atomic E-state index is 0.112. The van der Waals surface area contributed by atoms with Gasteiger partial charge in [-0.2, -0.15) is 0 Å². The Labute approximate surface area is 190 Å². The Morgan fingerprint density at radius 3 is 2.59 bits per heavy atom. The van der Waals surface area contributed by atoms with Crippen molar-refractivity contribution in [3.05, 3.63) is 101 Å². The summed E-state index contributed by atoms with van der Waals surface area (Å²) in [6.07, 6.45) is 5.18. The first kappa shape index (κ1) is 21.5. The maximum atomic E-state index is 13.0. The molecular weight excluding hydrogens is 426 g/mol. The lowest BCUT2D eigenvalue weighted by Crippen LogP contribution is -2.34. The van der Waals surface area contributed by atoms with Crippen molar-refractivity contribution in [3.63, 3.8) is 0 Å². The fourth-order valence-electron chi connectivity index (χ4n) is 3.48. The second-order valence-corrected chi connectivity index (χ2v) is 7.55. The zero-order chi connectivity index (χ0) is 22.5. The molecule has 2 N–H and O–H groups in total. The van der Waals surface area contributed by atoms with Crippen LogP contribution in [0.2, 0.25) is 5.02 Å². The van der Waals surface area contributed by atoms with Gasteiger partial charge in [0.2, 0.25) is 0 Å². The molecule has 0 aliphatic carbocycles. The van der Waals surface area contributed by atoms with Crippen LogP contribution in [0.15, 0.2) is 83.2 Å². The smallest absolute Gasteiger partial charge is 0.268 e. The van der Waals surface area contributed by atoms with Crippen molar-refractivity contribution in [2.45, 2.75) is 20.0 Å². The standard InChI is InChI=1S/C25H22ClN3O3/c1-2-29-16-17(19-9-4-6-12-23(19)29)14-22(25(31)27-15-18-8-7-13-32-18)28-24(30)20-10-3-5-11-21(20)26/h3-14,16H,2,15H2,1H3,(H,27,31)(H,28,30). The van der Waals surface area contributed by atoms with Crippen LogP contribution in [0.5, 0.6) is 0 Å². The number of para-hydroxylation sites is 1. The van der Waals surface area contributed by atoms with Crippen LogP contribution in [-0.2, 0) is 17.9 Å². The van der Waals surface area contributed by atoms with Crippen molar-refractivity contribution in [1.29, 1.82) is 0 Å². The van der Waals surface area contributed by atoms with Crippen LogP contribution >= 0.6 is 11.6 Å². The third-order valence-electron chi connectivity index (χ3n) is 5.07. The predicted molar refractivity (Wildman–Crippen MR) is 125 cm³/mol. The topological polar surface area (TPSA) is 76.3 Å². The van der Waals surface area contributed by atoms with Crippen molar-refractivity contribution < 1.29 is 14.0 Å². The maximum absolute atomic E-state index is 13.0. The van der Waals surface area contributed by atoms with Gasteiger partial charge in [0.05, 0.1) is 23.4 Å². The Balaban J connectivity index is 1.69. The number of halogens is 1. The van der Waals surface area contributed by atoms with E-state index in [1.807, 2.05) is 30.5 Å². The summed E-state index contributed by atoms with van der Waals surface area (Å²) in [7, 11) is 0. The second kappa shape index (κ2) is 9.58. The minimum atomic E-state index is -0.464. The van der Waals surface area contributed by atoms with E-state index in [2.05, 4.69) is 22.1 Å². The number of hydrogen-bond donors (Lipinski definition) is 2. The van der Waals surface area contributed by atoms with Crippen LogP contribution in [0.3, 0.4) is 0 Å². The van der Waals surface area contributed by atoms with Gasteiger partial charge in [-0.15, -0.1) is 0 Å². The van der Waals surface area contributed by atoms with Crippen LogP contribution in [0.25, 0.3) is 17.0 Å². The molecule has 2 aromatic heterocycles. The fourth-order valence-corrected chi connectivity index (χ4v) is 3.70. The van der Waals surface area contributed by atoms with Gasteiger partial charge in [-0.25, -0.2) is 0 Å². The van der Waals surface area contributed by atoms with Crippen LogP contribution in [0, 0.1) is 0 Å². The minimum Gasteiger partial charge on any atom is -0.467 e. The van der Waals surface area contributed by atoms with E-state index in [0.29, 0.717) is 10.8 Å². The molecule has 6 nitrogen and oxygen atoms in total. The third kappa shape index (κ3) is 4.60. The third-order valence-corrected chi connectivity index (χ3v) is 5.40. The molecule has 162 valence electrons. The monoisotopic (exact) mass is 447 g/mol. The number of amides is 2. The summed E-state index contributed by atoms with van der Waals surface area (Å²) in [6.45, 7) is 3.03. The summed E-state index contributed by atoms with van der Waals surface area (Å²) < 4.78 is 7.37.